The molecule has 88 valence electrons. The third kappa shape index (κ3) is 1.92. The van der Waals surface area contributed by atoms with Crippen LogP contribution < -0.4 is 0 Å². The molecule has 7 heteroatoms. The van der Waals surface area contributed by atoms with Gasteiger partial charge in [-0.3, -0.25) is 0 Å². The first-order chi connectivity index (χ1) is 7.32. The number of halogens is 3. The van der Waals surface area contributed by atoms with Crippen LogP contribution in [0.25, 0.3) is 0 Å². The Kier molecular flexibility index (Phi) is 2.47. The predicted molar refractivity (Wildman–Crippen MR) is 48.4 cm³/mol. The molecule has 3 nitrogen and oxygen atoms in total. The van der Waals surface area contributed by atoms with Crippen LogP contribution >= 0.6 is 0 Å². The van der Waals surface area contributed by atoms with Crippen LogP contribution in [0.15, 0.2) is 29.2 Å². The molecule has 0 saturated carbocycles. The summed E-state index contributed by atoms with van der Waals surface area (Å²) in [5, 5.41) is 0. The number of rotatable bonds is 2. The molecule has 2 rings (SSSR count). The van der Waals surface area contributed by atoms with Crippen molar-refractivity contribution >= 4 is 9.84 Å². The van der Waals surface area contributed by atoms with Crippen LogP contribution in [0.2, 0.25) is 0 Å². The maximum atomic E-state index is 12.2. The van der Waals surface area contributed by atoms with Crippen molar-refractivity contribution < 1.29 is 26.3 Å². The molecule has 1 aliphatic rings. The van der Waals surface area contributed by atoms with Gasteiger partial charge in [0, 0.05) is 0 Å². The van der Waals surface area contributed by atoms with Gasteiger partial charge in [-0.2, -0.15) is 13.2 Å². The van der Waals surface area contributed by atoms with E-state index in [-0.39, 0.29) is 6.10 Å². The predicted octanol–water partition coefficient (Wildman–Crippen LogP) is 2.05. The van der Waals surface area contributed by atoms with Gasteiger partial charge in [0.1, 0.15) is 6.10 Å². The summed E-state index contributed by atoms with van der Waals surface area (Å²) in [6.45, 7) is 0.412. The van der Waals surface area contributed by atoms with Gasteiger partial charge in [-0.05, 0) is 17.7 Å². The van der Waals surface area contributed by atoms with Gasteiger partial charge in [-0.15, -0.1) is 0 Å². The number of hydrogen-bond donors (Lipinski definition) is 0. The average Bonchev–Trinajstić information content (AvgIpc) is 2.99. The maximum absolute atomic E-state index is 12.2. The summed E-state index contributed by atoms with van der Waals surface area (Å²) in [4.78, 5) is -0.743. The molecule has 1 aromatic rings. The Morgan fingerprint density at radius 1 is 1.31 bits per heavy atom. The fourth-order valence-electron chi connectivity index (χ4n) is 1.26. The van der Waals surface area contributed by atoms with Crippen molar-refractivity contribution in [3.63, 3.8) is 0 Å². The minimum Gasteiger partial charge on any atom is -0.368 e. The molecule has 0 amide bonds. The molecule has 1 aliphatic heterocycles. The molecule has 1 aromatic carbocycles. The normalized spacial score (nSPS) is 20.8. The highest BCUT2D eigenvalue weighted by atomic mass is 32.2. The van der Waals surface area contributed by atoms with E-state index in [0.29, 0.717) is 12.2 Å². The van der Waals surface area contributed by atoms with Crippen molar-refractivity contribution in [2.24, 2.45) is 0 Å². The molecule has 1 saturated heterocycles. The van der Waals surface area contributed by atoms with Gasteiger partial charge >= 0.3 is 5.51 Å². The number of ether oxygens (including phenoxy) is 1. The van der Waals surface area contributed by atoms with Crippen molar-refractivity contribution in [1.82, 2.24) is 0 Å². The monoisotopic (exact) mass is 252 g/mol. The third-order valence-corrected chi connectivity index (χ3v) is 3.66. The van der Waals surface area contributed by atoms with Crippen LogP contribution in [0.5, 0.6) is 0 Å². The fraction of sp³-hybridized carbons (Fsp3) is 0.333. The highest BCUT2D eigenvalue weighted by Crippen LogP contribution is 2.34. The SMILES string of the molecule is O=S(=O)(c1cccc(C2CO2)c1)C(F)(F)F. The highest BCUT2D eigenvalue weighted by molar-refractivity contribution is 7.92. The van der Waals surface area contributed by atoms with Gasteiger partial charge in [0.2, 0.25) is 0 Å². The van der Waals surface area contributed by atoms with E-state index in [1.54, 1.807) is 0 Å². The lowest BCUT2D eigenvalue weighted by atomic mass is 10.2. The number of alkyl halides is 3. The Labute approximate surface area is 89.8 Å². The van der Waals surface area contributed by atoms with Gasteiger partial charge in [0.25, 0.3) is 9.84 Å². The van der Waals surface area contributed by atoms with Gasteiger partial charge in [-0.1, -0.05) is 12.1 Å². The van der Waals surface area contributed by atoms with Crippen LogP contribution in [0, 0.1) is 0 Å². The van der Waals surface area contributed by atoms with Gasteiger partial charge in [0.15, 0.2) is 0 Å². The summed E-state index contributed by atoms with van der Waals surface area (Å²) in [5.74, 6) is 0. The molecular weight excluding hydrogens is 245 g/mol. The van der Waals surface area contributed by atoms with E-state index >= 15 is 0 Å². The lowest BCUT2D eigenvalue weighted by Crippen LogP contribution is -2.23. The van der Waals surface area contributed by atoms with Crippen molar-refractivity contribution in [3.8, 4) is 0 Å². The summed E-state index contributed by atoms with van der Waals surface area (Å²) in [6, 6.07) is 4.73. The zero-order valence-electron chi connectivity index (χ0n) is 7.86. The summed E-state index contributed by atoms with van der Waals surface area (Å²) in [5.41, 5.74) is -4.82. The first kappa shape index (κ1) is 11.4. The molecule has 0 radical (unpaired) electrons. The largest absolute Gasteiger partial charge is 0.501 e. The maximum Gasteiger partial charge on any atom is 0.501 e. The minimum absolute atomic E-state index is 0.275. The lowest BCUT2D eigenvalue weighted by molar-refractivity contribution is -0.0436. The number of sulfone groups is 1. The Bertz CT molecular complexity index is 503. The van der Waals surface area contributed by atoms with Gasteiger partial charge < -0.3 is 4.74 Å². The van der Waals surface area contributed by atoms with Gasteiger partial charge in [-0.25, -0.2) is 8.42 Å². The topological polar surface area (TPSA) is 46.7 Å². The molecule has 1 heterocycles. The number of hydrogen-bond acceptors (Lipinski definition) is 3. The van der Waals surface area contributed by atoms with E-state index in [0.717, 1.165) is 12.1 Å². The van der Waals surface area contributed by atoms with Gasteiger partial charge in [0.05, 0.1) is 11.5 Å². The van der Waals surface area contributed by atoms with Crippen molar-refractivity contribution in [2.75, 3.05) is 6.61 Å². The van der Waals surface area contributed by atoms with Crippen molar-refractivity contribution in [3.05, 3.63) is 29.8 Å². The molecule has 0 bridgehead atoms. The first-order valence-electron chi connectivity index (χ1n) is 4.35. The third-order valence-electron chi connectivity index (χ3n) is 2.18. The van der Waals surface area contributed by atoms with Crippen LogP contribution in [-0.2, 0) is 14.6 Å². The van der Waals surface area contributed by atoms with E-state index in [1.807, 2.05) is 0 Å². The van der Waals surface area contributed by atoms with E-state index in [4.69, 9.17) is 4.74 Å². The van der Waals surface area contributed by atoms with E-state index in [1.165, 1.54) is 12.1 Å². The van der Waals surface area contributed by atoms with Crippen LogP contribution in [0.3, 0.4) is 0 Å². The fourth-order valence-corrected chi connectivity index (χ4v) is 2.07. The quantitative estimate of drug-likeness (QED) is 0.757. The van der Waals surface area contributed by atoms with Crippen LogP contribution in [0.4, 0.5) is 13.2 Å². The lowest BCUT2D eigenvalue weighted by Gasteiger charge is -2.08. The first-order valence-corrected chi connectivity index (χ1v) is 5.83. The average molecular weight is 252 g/mol. The zero-order chi connectivity index (χ0) is 12.0. The summed E-state index contributed by atoms with van der Waals surface area (Å²) < 4.78 is 63.8. The van der Waals surface area contributed by atoms with Crippen LogP contribution in [0.1, 0.15) is 11.7 Å². The summed E-state index contributed by atoms with van der Waals surface area (Å²) in [6.07, 6.45) is -0.275. The van der Waals surface area contributed by atoms with E-state index in [9.17, 15) is 21.6 Å². The minimum atomic E-state index is -5.27. The van der Waals surface area contributed by atoms with E-state index < -0.39 is 20.2 Å². The zero-order valence-corrected chi connectivity index (χ0v) is 8.68. The smallest absolute Gasteiger partial charge is 0.368 e. The highest BCUT2D eigenvalue weighted by Gasteiger charge is 2.47. The molecule has 1 fully saturated rings. The van der Waals surface area contributed by atoms with Crippen molar-refractivity contribution in [1.29, 1.82) is 0 Å². The molecule has 0 aromatic heterocycles. The second kappa shape index (κ2) is 3.46. The van der Waals surface area contributed by atoms with Crippen LogP contribution in [-0.4, -0.2) is 20.5 Å². The Morgan fingerprint density at radius 3 is 2.44 bits per heavy atom. The number of benzene rings is 1. The molecule has 1 unspecified atom stereocenters. The van der Waals surface area contributed by atoms with E-state index in [2.05, 4.69) is 0 Å². The Hall–Kier alpha value is -1.08. The standard InChI is InChI=1S/C9H7F3O3S/c10-9(11,12)16(13,14)7-3-1-2-6(4-7)8-5-15-8/h1-4,8H,5H2. The Morgan fingerprint density at radius 2 is 1.94 bits per heavy atom. The summed E-state index contributed by atoms with van der Waals surface area (Å²) >= 11 is 0. The molecule has 1 atom stereocenters. The second-order valence-electron chi connectivity index (χ2n) is 3.34. The second-order valence-corrected chi connectivity index (χ2v) is 5.28. The molecular formula is C9H7F3O3S. The molecule has 0 N–H and O–H groups in total. The molecule has 0 aliphatic carbocycles. The van der Waals surface area contributed by atoms with Crippen molar-refractivity contribution in [2.45, 2.75) is 16.5 Å². The molecule has 16 heavy (non-hydrogen) atoms. The number of epoxide rings is 1. The summed E-state index contributed by atoms with van der Waals surface area (Å²) in [7, 11) is -5.26. The molecule has 0 spiro atoms. The Balaban J connectivity index is 2.44.